The van der Waals surface area contributed by atoms with Crippen LogP contribution in [0.5, 0.6) is 0 Å². The molecule has 0 spiro atoms. The van der Waals surface area contributed by atoms with E-state index < -0.39 is 11.7 Å². The molecule has 116 valence electrons. The Kier molecular flexibility index (Phi) is 4.08. The van der Waals surface area contributed by atoms with Gasteiger partial charge < -0.3 is 5.32 Å². The number of halogens is 2. The van der Waals surface area contributed by atoms with Gasteiger partial charge in [0.2, 0.25) is 5.91 Å². The highest BCUT2D eigenvalue weighted by atomic mass is 35.5. The van der Waals surface area contributed by atoms with Crippen molar-refractivity contribution >= 4 is 34.1 Å². The molecule has 0 saturated carbocycles. The Balaban J connectivity index is 1.85. The molecule has 1 N–H and O–H groups in total. The number of hydrogen-bond acceptors (Lipinski definition) is 3. The Morgan fingerprint density at radius 1 is 1.26 bits per heavy atom. The van der Waals surface area contributed by atoms with Gasteiger partial charge in [0.15, 0.2) is 0 Å². The van der Waals surface area contributed by atoms with Crippen molar-refractivity contribution in [2.45, 2.75) is 6.54 Å². The molecule has 1 aromatic heterocycles. The highest BCUT2D eigenvalue weighted by molar-refractivity contribution is 6.31. The van der Waals surface area contributed by atoms with Gasteiger partial charge >= 0.3 is 0 Å². The predicted octanol–water partition coefficient (Wildman–Crippen LogP) is 2.83. The molecule has 0 atom stereocenters. The van der Waals surface area contributed by atoms with Crippen LogP contribution in [0.25, 0.3) is 10.9 Å². The van der Waals surface area contributed by atoms with Crippen LogP contribution in [0.15, 0.2) is 53.6 Å². The molecular weight excluding hydrogens is 321 g/mol. The standard InChI is InChI=1S/C16H11ClFN3O2/c17-10-4-5-14-13(6-10)16(23)21(9-19-14)8-15(22)20-12-3-1-2-11(18)7-12/h1-7,9H,8H2,(H,20,22). The second-order valence-corrected chi connectivity index (χ2v) is 5.33. The van der Waals surface area contributed by atoms with E-state index in [9.17, 15) is 14.0 Å². The smallest absolute Gasteiger partial charge is 0.261 e. The Hall–Kier alpha value is -2.73. The normalized spacial score (nSPS) is 10.7. The second kappa shape index (κ2) is 6.18. The number of hydrogen-bond donors (Lipinski definition) is 1. The Bertz CT molecular complexity index is 955. The lowest BCUT2D eigenvalue weighted by Crippen LogP contribution is -2.27. The SMILES string of the molecule is O=C(Cn1cnc2ccc(Cl)cc2c1=O)Nc1cccc(F)c1. The van der Waals surface area contributed by atoms with Gasteiger partial charge in [0.05, 0.1) is 17.2 Å². The number of aromatic nitrogens is 2. The van der Waals surface area contributed by atoms with Gasteiger partial charge in [0.1, 0.15) is 12.4 Å². The fraction of sp³-hybridized carbons (Fsp3) is 0.0625. The summed E-state index contributed by atoms with van der Waals surface area (Å²) in [7, 11) is 0. The lowest BCUT2D eigenvalue weighted by atomic mass is 10.2. The zero-order valence-electron chi connectivity index (χ0n) is 11.8. The van der Waals surface area contributed by atoms with Crippen LogP contribution >= 0.6 is 11.6 Å². The first kappa shape index (κ1) is 15.2. The molecule has 0 aliphatic heterocycles. The third kappa shape index (κ3) is 3.37. The lowest BCUT2D eigenvalue weighted by Gasteiger charge is -2.08. The molecule has 0 fully saturated rings. The van der Waals surface area contributed by atoms with E-state index in [1.165, 1.54) is 35.2 Å². The molecule has 0 aliphatic carbocycles. The summed E-state index contributed by atoms with van der Waals surface area (Å²) < 4.78 is 14.3. The maximum absolute atomic E-state index is 13.1. The molecule has 1 amide bonds. The number of benzene rings is 2. The number of nitrogens with zero attached hydrogens (tertiary/aromatic N) is 2. The van der Waals surface area contributed by atoms with Gasteiger partial charge in [0.25, 0.3) is 5.56 Å². The Morgan fingerprint density at radius 3 is 2.87 bits per heavy atom. The minimum absolute atomic E-state index is 0.231. The first-order valence-electron chi connectivity index (χ1n) is 6.73. The van der Waals surface area contributed by atoms with Crippen LogP contribution in [-0.4, -0.2) is 15.5 Å². The highest BCUT2D eigenvalue weighted by Crippen LogP contribution is 2.14. The monoisotopic (exact) mass is 331 g/mol. The Morgan fingerprint density at radius 2 is 2.09 bits per heavy atom. The zero-order valence-corrected chi connectivity index (χ0v) is 12.5. The van der Waals surface area contributed by atoms with Gasteiger partial charge in [-0.25, -0.2) is 9.37 Å². The van der Waals surface area contributed by atoms with Crippen molar-refractivity contribution in [3.8, 4) is 0 Å². The van der Waals surface area contributed by atoms with Gasteiger partial charge in [-0.1, -0.05) is 17.7 Å². The Labute approximate surface area is 135 Å². The van der Waals surface area contributed by atoms with E-state index >= 15 is 0 Å². The zero-order chi connectivity index (χ0) is 16.4. The van der Waals surface area contributed by atoms with Crippen LogP contribution in [0.2, 0.25) is 5.02 Å². The van der Waals surface area contributed by atoms with Crippen LogP contribution in [-0.2, 0) is 11.3 Å². The van der Waals surface area contributed by atoms with Crippen LogP contribution < -0.4 is 10.9 Å². The molecule has 0 unspecified atom stereocenters. The van der Waals surface area contributed by atoms with Gasteiger partial charge in [-0.2, -0.15) is 0 Å². The quantitative estimate of drug-likeness (QED) is 0.802. The number of nitrogens with one attached hydrogen (secondary N) is 1. The third-order valence-electron chi connectivity index (χ3n) is 3.21. The van der Waals surface area contributed by atoms with Crippen molar-refractivity contribution in [1.82, 2.24) is 9.55 Å². The van der Waals surface area contributed by atoms with E-state index in [1.807, 2.05) is 0 Å². The molecule has 3 rings (SSSR count). The van der Waals surface area contributed by atoms with Crippen LogP contribution in [0.3, 0.4) is 0 Å². The van der Waals surface area contributed by atoms with Crippen molar-refractivity contribution in [3.05, 3.63) is 70.0 Å². The maximum Gasteiger partial charge on any atom is 0.261 e. The van der Waals surface area contributed by atoms with E-state index in [0.29, 0.717) is 21.6 Å². The van der Waals surface area contributed by atoms with Crippen molar-refractivity contribution < 1.29 is 9.18 Å². The molecule has 0 bridgehead atoms. The molecule has 23 heavy (non-hydrogen) atoms. The number of amides is 1. The number of fused-ring (bicyclic) bond motifs is 1. The van der Waals surface area contributed by atoms with Crippen LogP contribution in [0.4, 0.5) is 10.1 Å². The van der Waals surface area contributed by atoms with Crippen molar-refractivity contribution in [2.75, 3.05) is 5.32 Å². The molecule has 0 radical (unpaired) electrons. The second-order valence-electron chi connectivity index (χ2n) is 4.90. The summed E-state index contributed by atoms with van der Waals surface area (Å²) in [6.45, 7) is -0.231. The molecule has 7 heteroatoms. The summed E-state index contributed by atoms with van der Waals surface area (Å²) in [5.41, 5.74) is 0.452. The summed E-state index contributed by atoms with van der Waals surface area (Å²) in [5, 5.41) is 3.27. The number of carbonyl (C=O) groups is 1. The minimum atomic E-state index is -0.458. The summed E-state index contributed by atoms with van der Waals surface area (Å²) in [6, 6.07) is 10.3. The topological polar surface area (TPSA) is 64.0 Å². The molecule has 0 saturated heterocycles. The predicted molar refractivity (Wildman–Crippen MR) is 86.0 cm³/mol. The fourth-order valence-electron chi connectivity index (χ4n) is 2.17. The molecule has 1 heterocycles. The number of rotatable bonds is 3. The summed E-state index contributed by atoms with van der Waals surface area (Å²) in [5.74, 6) is -0.914. The fourth-order valence-corrected chi connectivity index (χ4v) is 2.34. The molecule has 0 aliphatic rings. The molecule has 5 nitrogen and oxygen atoms in total. The van der Waals surface area contributed by atoms with Crippen molar-refractivity contribution in [3.63, 3.8) is 0 Å². The molecule has 3 aromatic rings. The van der Waals surface area contributed by atoms with E-state index in [2.05, 4.69) is 10.3 Å². The van der Waals surface area contributed by atoms with Crippen LogP contribution in [0.1, 0.15) is 0 Å². The molecular formula is C16H11ClFN3O2. The number of carbonyl (C=O) groups excluding carboxylic acids is 1. The largest absolute Gasteiger partial charge is 0.324 e. The average Bonchev–Trinajstić information content (AvgIpc) is 2.50. The maximum atomic E-state index is 13.1. The number of anilines is 1. The van der Waals surface area contributed by atoms with Crippen LogP contribution in [0, 0.1) is 5.82 Å². The summed E-state index contributed by atoms with van der Waals surface area (Å²) in [4.78, 5) is 28.5. The van der Waals surface area contributed by atoms with Gasteiger partial charge in [-0.05, 0) is 36.4 Å². The van der Waals surface area contributed by atoms with E-state index in [0.717, 1.165) is 0 Å². The summed E-state index contributed by atoms with van der Waals surface area (Å²) >= 11 is 5.88. The molecule has 2 aromatic carbocycles. The highest BCUT2D eigenvalue weighted by Gasteiger charge is 2.09. The summed E-state index contributed by atoms with van der Waals surface area (Å²) in [6.07, 6.45) is 1.30. The first-order chi connectivity index (χ1) is 11.0. The van der Waals surface area contributed by atoms with Gasteiger partial charge in [-0.15, -0.1) is 0 Å². The van der Waals surface area contributed by atoms with E-state index in [-0.39, 0.29) is 12.1 Å². The first-order valence-corrected chi connectivity index (χ1v) is 7.11. The van der Waals surface area contributed by atoms with Crippen molar-refractivity contribution in [2.24, 2.45) is 0 Å². The lowest BCUT2D eigenvalue weighted by molar-refractivity contribution is -0.116. The third-order valence-corrected chi connectivity index (χ3v) is 3.44. The van der Waals surface area contributed by atoms with E-state index in [1.54, 1.807) is 18.2 Å². The van der Waals surface area contributed by atoms with E-state index in [4.69, 9.17) is 11.6 Å². The van der Waals surface area contributed by atoms with Crippen molar-refractivity contribution in [1.29, 1.82) is 0 Å². The van der Waals surface area contributed by atoms with Gasteiger partial charge in [-0.3, -0.25) is 14.2 Å². The minimum Gasteiger partial charge on any atom is -0.324 e. The van der Waals surface area contributed by atoms with Gasteiger partial charge in [0, 0.05) is 10.7 Å². The average molecular weight is 332 g/mol.